The average molecular weight is 273 g/mol. The third-order valence-corrected chi connectivity index (χ3v) is 4.39. The Kier molecular flexibility index (Phi) is 2.75. The summed E-state index contributed by atoms with van der Waals surface area (Å²) in [5.41, 5.74) is 1.93. The van der Waals surface area contributed by atoms with E-state index in [1.54, 1.807) is 4.68 Å². The van der Waals surface area contributed by atoms with Gasteiger partial charge in [-0.25, -0.2) is 4.98 Å². The molecule has 0 amide bonds. The molecule has 1 fully saturated rings. The van der Waals surface area contributed by atoms with E-state index >= 15 is 0 Å². The summed E-state index contributed by atoms with van der Waals surface area (Å²) in [6, 6.07) is 3.99. The Morgan fingerprint density at radius 3 is 2.30 bits per heavy atom. The number of aryl methyl sites for hydroxylation is 2. The molecule has 0 bridgehead atoms. The molecule has 1 saturated heterocycles. The van der Waals surface area contributed by atoms with Crippen molar-refractivity contribution in [3.05, 3.63) is 17.8 Å². The number of rotatable bonds is 1. The molecule has 0 unspecified atom stereocenters. The van der Waals surface area contributed by atoms with Gasteiger partial charge in [0, 0.05) is 12.4 Å². The van der Waals surface area contributed by atoms with Crippen LogP contribution in [0.5, 0.6) is 0 Å². The second kappa shape index (κ2) is 4.05. The molecule has 0 aliphatic carbocycles. The fourth-order valence-corrected chi connectivity index (χ4v) is 2.41. The highest BCUT2D eigenvalue weighted by Crippen LogP contribution is 2.36. The van der Waals surface area contributed by atoms with Gasteiger partial charge in [0.1, 0.15) is 0 Å². The second-order valence-electron chi connectivity index (χ2n) is 6.40. The molecule has 5 nitrogen and oxygen atoms in total. The van der Waals surface area contributed by atoms with Crippen LogP contribution < -0.4 is 5.59 Å². The van der Waals surface area contributed by atoms with E-state index in [0.29, 0.717) is 0 Å². The van der Waals surface area contributed by atoms with E-state index in [1.807, 2.05) is 53.8 Å². The van der Waals surface area contributed by atoms with Crippen molar-refractivity contribution in [2.24, 2.45) is 7.05 Å². The monoisotopic (exact) mass is 273 g/mol. The van der Waals surface area contributed by atoms with Crippen molar-refractivity contribution in [3.63, 3.8) is 0 Å². The normalized spacial score (nSPS) is 20.8. The van der Waals surface area contributed by atoms with E-state index < -0.39 is 7.12 Å². The maximum atomic E-state index is 6.03. The van der Waals surface area contributed by atoms with Gasteiger partial charge in [0.2, 0.25) is 0 Å². The predicted molar refractivity (Wildman–Crippen MR) is 79.0 cm³/mol. The van der Waals surface area contributed by atoms with Gasteiger partial charge in [-0.1, -0.05) is 0 Å². The van der Waals surface area contributed by atoms with E-state index in [1.165, 1.54) is 0 Å². The molecule has 0 radical (unpaired) electrons. The van der Waals surface area contributed by atoms with Crippen molar-refractivity contribution in [3.8, 4) is 0 Å². The van der Waals surface area contributed by atoms with Gasteiger partial charge in [-0.2, -0.15) is 5.10 Å². The maximum absolute atomic E-state index is 6.03. The highest BCUT2D eigenvalue weighted by Gasteiger charge is 2.52. The van der Waals surface area contributed by atoms with Crippen LogP contribution >= 0.6 is 0 Å². The van der Waals surface area contributed by atoms with Crippen LogP contribution in [0, 0.1) is 6.92 Å². The van der Waals surface area contributed by atoms with Crippen LogP contribution in [-0.4, -0.2) is 33.1 Å². The summed E-state index contributed by atoms with van der Waals surface area (Å²) in [5, 5.41) is 5.45. The lowest BCUT2D eigenvalue weighted by molar-refractivity contribution is 0.00578. The molecule has 1 aliphatic rings. The zero-order chi connectivity index (χ0) is 14.7. The van der Waals surface area contributed by atoms with Crippen LogP contribution in [0.3, 0.4) is 0 Å². The van der Waals surface area contributed by atoms with Gasteiger partial charge in [-0.05, 0) is 46.8 Å². The lowest BCUT2D eigenvalue weighted by Crippen LogP contribution is -2.41. The molecule has 3 heterocycles. The van der Waals surface area contributed by atoms with Crippen molar-refractivity contribution >= 4 is 23.7 Å². The number of pyridine rings is 1. The van der Waals surface area contributed by atoms with Crippen LogP contribution in [0.4, 0.5) is 0 Å². The van der Waals surface area contributed by atoms with Gasteiger partial charge >= 0.3 is 7.12 Å². The zero-order valence-electron chi connectivity index (χ0n) is 12.9. The fraction of sp³-hybridized carbons (Fsp3) is 0.571. The summed E-state index contributed by atoms with van der Waals surface area (Å²) in [7, 11) is 1.47. The quantitative estimate of drug-likeness (QED) is 0.740. The Bertz CT molecular complexity index is 662. The molecule has 2 aromatic rings. The van der Waals surface area contributed by atoms with Gasteiger partial charge in [-0.3, -0.25) is 4.68 Å². The average Bonchev–Trinajstić information content (AvgIpc) is 2.74. The third kappa shape index (κ3) is 1.86. The Labute approximate surface area is 119 Å². The maximum Gasteiger partial charge on any atom is 0.514 e. The first-order chi connectivity index (χ1) is 9.21. The van der Waals surface area contributed by atoms with Crippen molar-refractivity contribution in [1.29, 1.82) is 0 Å². The number of fused-ring (bicyclic) bond motifs is 1. The summed E-state index contributed by atoms with van der Waals surface area (Å²) >= 11 is 0. The van der Waals surface area contributed by atoms with Gasteiger partial charge in [-0.15, -0.1) is 0 Å². The Hall–Kier alpha value is -1.40. The van der Waals surface area contributed by atoms with Crippen LogP contribution in [0.15, 0.2) is 12.1 Å². The van der Waals surface area contributed by atoms with Crippen molar-refractivity contribution in [1.82, 2.24) is 14.8 Å². The molecule has 20 heavy (non-hydrogen) atoms. The van der Waals surface area contributed by atoms with Crippen LogP contribution in [0.1, 0.15) is 33.4 Å². The number of aromatic nitrogens is 3. The topological polar surface area (TPSA) is 49.2 Å². The third-order valence-electron chi connectivity index (χ3n) is 4.39. The van der Waals surface area contributed by atoms with Gasteiger partial charge in [0.15, 0.2) is 5.65 Å². The fourth-order valence-electron chi connectivity index (χ4n) is 2.41. The minimum absolute atomic E-state index is 0.351. The molecule has 1 aliphatic heterocycles. The minimum atomic E-state index is -0.431. The number of hydrogen-bond donors (Lipinski definition) is 0. The van der Waals surface area contributed by atoms with E-state index in [-0.39, 0.29) is 11.2 Å². The zero-order valence-corrected chi connectivity index (χ0v) is 12.9. The summed E-state index contributed by atoms with van der Waals surface area (Å²) in [6.45, 7) is 10.2. The molecule has 3 rings (SSSR count). The van der Waals surface area contributed by atoms with E-state index in [9.17, 15) is 0 Å². The highest BCUT2D eigenvalue weighted by atomic mass is 16.7. The largest absolute Gasteiger partial charge is 0.514 e. The lowest BCUT2D eigenvalue weighted by atomic mass is 9.84. The summed E-state index contributed by atoms with van der Waals surface area (Å²) in [6.07, 6.45) is 0. The Balaban J connectivity index is 2.02. The molecule has 2 aromatic heterocycles. The van der Waals surface area contributed by atoms with Crippen molar-refractivity contribution < 1.29 is 9.31 Å². The van der Waals surface area contributed by atoms with Gasteiger partial charge < -0.3 is 9.31 Å². The number of nitrogens with zero attached hydrogens (tertiary/aromatic N) is 3. The Morgan fingerprint density at radius 1 is 1.10 bits per heavy atom. The predicted octanol–water partition coefficient (Wildman–Crippen LogP) is 1.58. The first kappa shape index (κ1) is 13.6. The van der Waals surface area contributed by atoms with E-state index in [0.717, 1.165) is 22.3 Å². The second-order valence-corrected chi connectivity index (χ2v) is 6.40. The molecule has 6 heteroatoms. The van der Waals surface area contributed by atoms with Crippen molar-refractivity contribution in [2.45, 2.75) is 45.8 Å². The molecular weight excluding hydrogens is 253 g/mol. The van der Waals surface area contributed by atoms with Crippen LogP contribution in [0.2, 0.25) is 0 Å². The molecule has 106 valence electrons. The SMILES string of the molecule is Cc1nn(C)c2nc(B3OC(C)(C)C(C)(C)O3)ccc12. The van der Waals surface area contributed by atoms with Crippen LogP contribution in [0.25, 0.3) is 11.0 Å². The van der Waals surface area contributed by atoms with Crippen LogP contribution in [-0.2, 0) is 16.4 Å². The molecule has 0 saturated carbocycles. The smallest absolute Gasteiger partial charge is 0.398 e. The minimum Gasteiger partial charge on any atom is -0.398 e. The standard InChI is InChI=1S/C14H20BN3O2/c1-9-10-7-8-11(16-12(10)18(6)17-9)15-19-13(2,3)14(4,5)20-15/h7-8H,1-6H3. The summed E-state index contributed by atoms with van der Waals surface area (Å²) in [5.74, 6) is 0. The summed E-state index contributed by atoms with van der Waals surface area (Å²) in [4.78, 5) is 4.66. The molecule has 0 N–H and O–H groups in total. The van der Waals surface area contributed by atoms with Gasteiger partial charge in [0.05, 0.1) is 22.5 Å². The van der Waals surface area contributed by atoms with E-state index in [4.69, 9.17) is 9.31 Å². The first-order valence-electron chi connectivity index (χ1n) is 6.87. The molecule has 0 spiro atoms. The summed E-state index contributed by atoms with van der Waals surface area (Å²) < 4.78 is 13.9. The lowest BCUT2D eigenvalue weighted by Gasteiger charge is -2.32. The Morgan fingerprint density at radius 2 is 1.70 bits per heavy atom. The highest BCUT2D eigenvalue weighted by molar-refractivity contribution is 6.61. The molecular formula is C14H20BN3O2. The van der Waals surface area contributed by atoms with Gasteiger partial charge in [0.25, 0.3) is 0 Å². The van der Waals surface area contributed by atoms with E-state index in [2.05, 4.69) is 10.1 Å². The first-order valence-corrected chi connectivity index (χ1v) is 6.87. The van der Waals surface area contributed by atoms with Crippen molar-refractivity contribution in [2.75, 3.05) is 0 Å². The molecule has 0 aromatic carbocycles. The molecule has 0 atom stereocenters. The number of hydrogen-bond acceptors (Lipinski definition) is 4.